The Labute approximate surface area is 131 Å². The summed E-state index contributed by atoms with van der Waals surface area (Å²) in [7, 11) is 0. The highest BCUT2D eigenvalue weighted by Crippen LogP contribution is 2.35. The third-order valence-electron chi connectivity index (χ3n) is 2.86. The Balaban J connectivity index is 2.53. The van der Waals surface area contributed by atoms with E-state index in [1.54, 1.807) is 6.08 Å². The predicted octanol–water partition coefficient (Wildman–Crippen LogP) is 4.78. The van der Waals surface area contributed by atoms with Crippen LogP contribution in [0.15, 0.2) is 22.7 Å². The van der Waals surface area contributed by atoms with E-state index >= 15 is 0 Å². The molecule has 0 aromatic heterocycles. The van der Waals surface area contributed by atoms with Crippen LogP contribution < -0.4 is 0 Å². The van der Waals surface area contributed by atoms with Gasteiger partial charge in [-0.3, -0.25) is 0 Å². The van der Waals surface area contributed by atoms with Crippen LogP contribution in [0.3, 0.4) is 0 Å². The standard InChI is InChI=1S/C14H17Br2ClO/c1-3-5-6-7-12-14(17)13(16)11(18-12)9-8-10(15)4-2/h1,5-6,8,11-14H,4,7,9H2,2H3/b6-5+,10-8+/t11-,12+,13+,14-/m1/s1. The molecular weight excluding hydrogens is 379 g/mol. The Morgan fingerprint density at radius 2 is 2.17 bits per heavy atom. The van der Waals surface area contributed by atoms with Gasteiger partial charge in [0.2, 0.25) is 0 Å². The predicted molar refractivity (Wildman–Crippen MR) is 85.5 cm³/mol. The molecule has 0 saturated carbocycles. The summed E-state index contributed by atoms with van der Waals surface area (Å²) < 4.78 is 7.16. The summed E-state index contributed by atoms with van der Waals surface area (Å²) >= 11 is 13.5. The molecule has 1 heterocycles. The van der Waals surface area contributed by atoms with Gasteiger partial charge in [0.1, 0.15) is 0 Å². The molecule has 0 amide bonds. The molecule has 1 rings (SSSR count). The zero-order valence-electron chi connectivity index (χ0n) is 10.3. The van der Waals surface area contributed by atoms with E-state index in [2.05, 4.69) is 50.8 Å². The molecule has 0 spiro atoms. The van der Waals surface area contributed by atoms with Crippen molar-refractivity contribution in [1.82, 2.24) is 0 Å². The maximum Gasteiger partial charge on any atom is 0.0789 e. The highest BCUT2D eigenvalue weighted by Gasteiger charge is 2.40. The van der Waals surface area contributed by atoms with Crippen LogP contribution in [0.25, 0.3) is 0 Å². The van der Waals surface area contributed by atoms with Gasteiger partial charge in [0, 0.05) is 0 Å². The van der Waals surface area contributed by atoms with Crippen molar-refractivity contribution in [3.63, 3.8) is 0 Å². The van der Waals surface area contributed by atoms with Crippen LogP contribution in [0.4, 0.5) is 0 Å². The lowest BCUT2D eigenvalue weighted by molar-refractivity contribution is 0.0511. The second kappa shape index (κ2) is 8.43. The van der Waals surface area contributed by atoms with Gasteiger partial charge in [0.25, 0.3) is 0 Å². The molecule has 100 valence electrons. The second-order valence-electron chi connectivity index (χ2n) is 4.15. The van der Waals surface area contributed by atoms with Crippen molar-refractivity contribution in [2.75, 3.05) is 0 Å². The lowest BCUT2D eigenvalue weighted by atomic mass is 10.1. The minimum absolute atomic E-state index is 0.0220. The van der Waals surface area contributed by atoms with Gasteiger partial charge in [-0.25, -0.2) is 0 Å². The second-order valence-corrected chi connectivity index (χ2v) is 6.73. The quantitative estimate of drug-likeness (QED) is 0.480. The Morgan fingerprint density at radius 3 is 2.78 bits per heavy atom. The van der Waals surface area contributed by atoms with Crippen LogP contribution >= 0.6 is 43.5 Å². The summed E-state index contributed by atoms with van der Waals surface area (Å²) in [5.74, 6) is 2.47. The van der Waals surface area contributed by atoms with Crippen LogP contribution in [-0.4, -0.2) is 22.4 Å². The van der Waals surface area contributed by atoms with Gasteiger partial charge in [-0.1, -0.05) is 56.9 Å². The number of allylic oxidation sites excluding steroid dienone is 2. The first kappa shape index (κ1) is 16.3. The van der Waals surface area contributed by atoms with E-state index in [0.29, 0.717) is 0 Å². The SMILES string of the molecule is C#C/C=C/C[C@@H]1O[C@H](C/C=C(/Br)CC)[C@H](Br)[C@@H]1Cl. The number of hydrogen-bond donors (Lipinski definition) is 0. The van der Waals surface area contributed by atoms with Gasteiger partial charge < -0.3 is 4.74 Å². The fourth-order valence-electron chi connectivity index (χ4n) is 1.81. The van der Waals surface area contributed by atoms with Crippen molar-refractivity contribution in [2.24, 2.45) is 0 Å². The molecule has 0 N–H and O–H groups in total. The average Bonchev–Trinajstić information content (AvgIpc) is 2.64. The summed E-state index contributed by atoms with van der Waals surface area (Å²) in [6.07, 6.45) is 13.7. The Morgan fingerprint density at radius 1 is 1.44 bits per heavy atom. The largest absolute Gasteiger partial charge is 0.372 e. The average molecular weight is 397 g/mol. The lowest BCUT2D eigenvalue weighted by Gasteiger charge is -2.11. The summed E-state index contributed by atoms with van der Waals surface area (Å²) in [5.41, 5.74) is 0. The first-order valence-electron chi connectivity index (χ1n) is 5.99. The molecule has 1 nitrogen and oxygen atoms in total. The first-order chi connectivity index (χ1) is 8.60. The lowest BCUT2D eigenvalue weighted by Crippen LogP contribution is -2.22. The van der Waals surface area contributed by atoms with E-state index in [9.17, 15) is 0 Å². The Bertz CT molecular complexity index is 359. The van der Waals surface area contributed by atoms with Gasteiger partial charge >= 0.3 is 0 Å². The van der Waals surface area contributed by atoms with Gasteiger partial charge in [-0.15, -0.1) is 18.0 Å². The Hall–Kier alpha value is 0.250. The number of rotatable bonds is 5. The molecule has 0 unspecified atom stereocenters. The van der Waals surface area contributed by atoms with E-state index in [4.69, 9.17) is 22.8 Å². The summed E-state index contributed by atoms with van der Waals surface area (Å²) in [4.78, 5) is 0.178. The fraction of sp³-hybridized carbons (Fsp3) is 0.571. The number of halogens is 3. The molecule has 1 aliphatic rings. The first-order valence-corrected chi connectivity index (χ1v) is 8.13. The zero-order chi connectivity index (χ0) is 13.5. The number of hydrogen-bond acceptors (Lipinski definition) is 1. The van der Waals surface area contributed by atoms with Crippen LogP contribution in [0.1, 0.15) is 26.2 Å². The van der Waals surface area contributed by atoms with Crippen LogP contribution in [-0.2, 0) is 4.74 Å². The van der Waals surface area contributed by atoms with E-state index in [-0.39, 0.29) is 22.4 Å². The zero-order valence-corrected chi connectivity index (χ0v) is 14.2. The normalized spacial score (nSPS) is 32.9. The van der Waals surface area contributed by atoms with Crippen LogP contribution in [0.5, 0.6) is 0 Å². The number of ether oxygens (including phenoxy) is 1. The van der Waals surface area contributed by atoms with E-state index in [1.165, 1.54) is 4.48 Å². The maximum atomic E-state index is 6.36. The highest BCUT2D eigenvalue weighted by atomic mass is 79.9. The van der Waals surface area contributed by atoms with Crippen molar-refractivity contribution in [2.45, 2.75) is 48.6 Å². The molecule has 0 bridgehead atoms. The number of alkyl halides is 2. The molecule has 0 radical (unpaired) electrons. The van der Waals surface area contributed by atoms with Crippen LogP contribution in [0, 0.1) is 12.3 Å². The van der Waals surface area contributed by atoms with Crippen molar-refractivity contribution < 1.29 is 4.74 Å². The molecule has 1 saturated heterocycles. The van der Waals surface area contributed by atoms with Gasteiger partial charge in [-0.2, -0.15) is 0 Å². The van der Waals surface area contributed by atoms with Gasteiger partial charge in [0.05, 0.1) is 22.4 Å². The summed E-state index contributed by atoms with van der Waals surface area (Å²) in [5, 5.41) is -0.0220. The molecule has 0 aromatic rings. The molecular formula is C14H17Br2ClO. The Kier molecular flexibility index (Phi) is 7.63. The van der Waals surface area contributed by atoms with E-state index in [0.717, 1.165) is 19.3 Å². The molecule has 18 heavy (non-hydrogen) atoms. The smallest absolute Gasteiger partial charge is 0.0789 e. The van der Waals surface area contributed by atoms with Crippen molar-refractivity contribution in [3.05, 3.63) is 22.7 Å². The van der Waals surface area contributed by atoms with Crippen molar-refractivity contribution >= 4 is 43.5 Å². The molecule has 0 aromatic carbocycles. The fourth-order valence-corrected chi connectivity index (χ4v) is 3.01. The summed E-state index contributed by atoms with van der Waals surface area (Å²) in [6.45, 7) is 2.11. The third-order valence-corrected chi connectivity index (χ3v) is 5.76. The topological polar surface area (TPSA) is 9.23 Å². The minimum atomic E-state index is -0.0220. The van der Waals surface area contributed by atoms with Crippen molar-refractivity contribution in [1.29, 1.82) is 0 Å². The number of terminal acetylenes is 1. The van der Waals surface area contributed by atoms with Gasteiger partial charge in [0.15, 0.2) is 0 Å². The monoisotopic (exact) mass is 394 g/mol. The molecule has 4 atom stereocenters. The van der Waals surface area contributed by atoms with Crippen LogP contribution in [0.2, 0.25) is 0 Å². The molecule has 4 heteroatoms. The highest BCUT2D eigenvalue weighted by molar-refractivity contribution is 9.11. The molecule has 1 fully saturated rings. The molecule has 0 aliphatic carbocycles. The van der Waals surface area contributed by atoms with E-state index < -0.39 is 0 Å². The van der Waals surface area contributed by atoms with Gasteiger partial charge in [-0.05, 0) is 29.8 Å². The maximum absolute atomic E-state index is 6.36. The third kappa shape index (κ3) is 4.74. The molecule has 1 aliphatic heterocycles. The van der Waals surface area contributed by atoms with E-state index in [1.807, 2.05) is 6.08 Å². The minimum Gasteiger partial charge on any atom is -0.372 e. The van der Waals surface area contributed by atoms with Crippen molar-refractivity contribution in [3.8, 4) is 12.3 Å². The summed E-state index contributed by atoms with van der Waals surface area (Å²) in [6, 6.07) is 0.